The normalized spacial score (nSPS) is 10.3. The highest BCUT2D eigenvalue weighted by atomic mass is 19.1. The smallest absolute Gasteiger partial charge is 0.126 e. The molecular formula is C12H11FN2. The second-order valence-corrected chi connectivity index (χ2v) is 3.44. The molecule has 2 N–H and O–H groups in total. The number of pyridine rings is 1. The molecule has 0 bridgehead atoms. The second kappa shape index (κ2) is 3.69. The van der Waals surface area contributed by atoms with Gasteiger partial charge in [0.2, 0.25) is 0 Å². The van der Waals surface area contributed by atoms with Crippen LogP contribution in [0.15, 0.2) is 36.5 Å². The van der Waals surface area contributed by atoms with Crippen molar-refractivity contribution in [3.05, 3.63) is 47.9 Å². The van der Waals surface area contributed by atoms with E-state index < -0.39 is 0 Å². The van der Waals surface area contributed by atoms with Crippen molar-refractivity contribution in [1.82, 2.24) is 4.98 Å². The minimum atomic E-state index is -0.192. The van der Waals surface area contributed by atoms with Gasteiger partial charge in [0.15, 0.2) is 0 Å². The Morgan fingerprint density at radius 1 is 1.13 bits per heavy atom. The molecule has 0 radical (unpaired) electrons. The highest BCUT2D eigenvalue weighted by Gasteiger charge is 2.01. The molecule has 1 aromatic heterocycles. The molecule has 1 heterocycles. The largest absolute Gasteiger partial charge is 0.384 e. The molecule has 0 spiro atoms. The number of nitrogens with two attached hydrogens (primary N) is 1. The molecule has 1 aromatic carbocycles. The van der Waals surface area contributed by atoms with E-state index in [1.54, 1.807) is 31.3 Å². The summed E-state index contributed by atoms with van der Waals surface area (Å²) in [5, 5.41) is 0. The third-order valence-electron chi connectivity index (χ3n) is 2.28. The standard InChI is InChI=1S/C12H11FN2/c1-8-6-9(2-4-11(8)13)10-3-5-12(14)15-7-10/h2-7H,1H3,(H2,14,15). The summed E-state index contributed by atoms with van der Waals surface area (Å²) in [4.78, 5) is 3.99. The summed E-state index contributed by atoms with van der Waals surface area (Å²) >= 11 is 0. The highest BCUT2D eigenvalue weighted by Crippen LogP contribution is 2.21. The maximum absolute atomic E-state index is 13.0. The van der Waals surface area contributed by atoms with Crippen LogP contribution in [0.25, 0.3) is 11.1 Å². The van der Waals surface area contributed by atoms with Crippen molar-refractivity contribution in [2.75, 3.05) is 5.73 Å². The Morgan fingerprint density at radius 3 is 2.47 bits per heavy atom. The number of nitrogen functional groups attached to an aromatic ring is 1. The molecule has 0 saturated carbocycles. The number of anilines is 1. The molecule has 2 nitrogen and oxygen atoms in total. The van der Waals surface area contributed by atoms with Crippen LogP contribution in [0, 0.1) is 12.7 Å². The van der Waals surface area contributed by atoms with E-state index in [-0.39, 0.29) is 5.82 Å². The summed E-state index contributed by atoms with van der Waals surface area (Å²) in [6.45, 7) is 1.74. The van der Waals surface area contributed by atoms with Crippen molar-refractivity contribution in [3.63, 3.8) is 0 Å². The van der Waals surface area contributed by atoms with Gasteiger partial charge >= 0.3 is 0 Å². The van der Waals surface area contributed by atoms with Crippen molar-refractivity contribution < 1.29 is 4.39 Å². The number of nitrogens with zero attached hydrogens (tertiary/aromatic N) is 1. The SMILES string of the molecule is Cc1cc(-c2ccc(N)nc2)ccc1F. The van der Waals surface area contributed by atoms with Crippen LogP contribution in [0.2, 0.25) is 0 Å². The van der Waals surface area contributed by atoms with Gasteiger partial charge in [-0.2, -0.15) is 0 Å². The predicted octanol–water partition coefficient (Wildman–Crippen LogP) is 2.78. The van der Waals surface area contributed by atoms with Crippen LogP contribution in [0.1, 0.15) is 5.56 Å². The zero-order valence-corrected chi connectivity index (χ0v) is 8.37. The number of halogens is 1. The number of benzene rings is 1. The van der Waals surface area contributed by atoms with E-state index in [9.17, 15) is 4.39 Å². The van der Waals surface area contributed by atoms with Gasteiger partial charge in [-0.25, -0.2) is 9.37 Å². The topological polar surface area (TPSA) is 38.9 Å². The zero-order valence-electron chi connectivity index (χ0n) is 8.37. The quantitative estimate of drug-likeness (QED) is 0.772. The van der Waals surface area contributed by atoms with Crippen molar-refractivity contribution in [2.24, 2.45) is 0 Å². The van der Waals surface area contributed by atoms with E-state index >= 15 is 0 Å². The van der Waals surface area contributed by atoms with Crippen molar-refractivity contribution in [2.45, 2.75) is 6.92 Å². The van der Waals surface area contributed by atoms with E-state index in [4.69, 9.17) is 5.73 Å². The van der Waals surface area contributed by atoms with Gasteiger partial charge in [-0.1, -0.05) is 6.07 Å². The minimum Gasteiger partial charge on any atom is -0.384 e. The Labute approximate surface area is 87.6 Å². The van der Waals surface area contributed by atoms with Gasteiger partial charge in [0.1, 0.15) is 11.6 Å². The molecule has 0 aliphatic rings. The third-order valence-corrected chi connectivity index (χ3v) is 2.28. The lowest BCUT2D eigenvalue weighted by atomic mass is 10.1. The highest BCUT2D eigenvalue weighted by molar-refractivity contribution is 5.64. The molecule has 3 heteroatoms. The summed E-state index contributed by atoms with van der Waals surface area (Å²) in [5.41, 5.74) is 8.00. The lowest BCUT2D eigenvalue weighted by Crippen LogP contribution is -1.89. The number of hydrogen-bond donors (Lipinski definition) is 1. The Morgan fingerprint density at radius 2 is 1.87 bits per heavy atom. The molecule has 0 fully saturated rings. The summed E-state index contributed by atoms with van der Waals surface area (Å²) in [7, 11) is 0. The Hall–Kier alpha value is -1.90. The first-order valence-electron chi connectivity index (χ1n) is 4.65. The van der Waals surface area contributed by atoms with Gasteiger partial charge in [0.05, 0.1) is 0 Å². The lowest BCUT2D eigenvalue weighted by molar-refractivity contribution is 0.619. The molecule has 2 aromatic rings. The first kappa shape index (κ1) is 9.65. The number of rotatable bonds is 1. The fraction of sp³-hybridized carbons (Fsp3) is 0.0833. The van der Waals surface area contributed by atoms with Gasteiger partial charge in [0.25, 0.3) is 0 Å². The molecule has 15 heavy (non-hydrogen) atoms. The summed E-state index contributed by atoms with van der Waals surface area (Å²) in [6, 6.07) is 8.59. The van der Waals surface area contributed by atoms with Crippen LogP contribution >= 0.6 is 0 Å². The summed E-state index contributed by atoms with van der Waals surface area (Å²) in [5.74, 6) is 0.291. The molecule has 0 amide bonds. The van der Waals surface area contributed by atoms with E-state index in [0.29, 0.717) is 11.4 Å². The van der Waals surface area contributed by atoms with Gasteiger partial charge in [-0.3, -0.25) is 0 Å². The van der Waals surface area contributed by atoms with E-state index in [2.05, 4.69) is 4.98 Å². The van der Waals surface area contributed by atoms with Crippen LogP contribution in [0.3, 0.4) is 0 Å². The molecule has 0 aliphatic carbocycles. The van der Waals surface area contributed by atoms with Crippen LogP contribution in [-0.2, 0) is 0 Å². The lowest BCUT2D eigenvalue weighted by Gasteiger charge is -2.03. The minimum absolute atomic E-state index is 0.192. The first-order chi connectivity index (χ1) is 7.16. The maximum atomic E-state index is 13.0. The average molecular weight is 202 g/mol. The summed E-state index contributed by atoms with van der Waals surface area (Å²) in [6.07, 6.45) is 1.68. The number of hydrogen-bond acceptors (Lipinski definition) is 2. The Balaban J connectivity index is 2.45. The van der Waals surface area contributed by atoms with Gasteiger partial charge in [0, 0.05) is 11.8 Å². The van der Waals surface area contributed by atoms with Gasteiger partial charge in [-0.05, 0) is 42.3 Å². The molecule has 2 rings (SSSR count). The predicted molar refractivity (Wildman–Crippen MR) is 58.8 cm³/mol. The third kappa shape index (κ3) is 1.96. The van der Waals surface area contributed by atoms with Crippen LogP contribution in [0.4, 0.5) is 10.2 Å². The molecule has 76 valence electrons. The zero-order chi connectivity index (χ0) is 10.8. The van der Waals surface area contributed by atoms with Crippen LogP contribution in [-0.4, -0.2) is 4.98 Å². The molecular weight excluding hydrogens is 191 g/mol. The molecule has 0 saturated heterocycles. The van der Waals surface area contributed by atoms with Crippen LogP contribution in [0.5, 0.6) is 0 Å². The fourth-order valence-corrected chi connectivity index (χ4v) is 1.40. The second-order valence-electron chi connectivity index (χ2n) is 3.44. The van der Waals surface area contributed by atoms with Gasteiger partial charge in [-0.15, -0.1) is 0 Å². The van der Waals surface area contributed by atoms with Crippen molar-refractivity contribution >= 4 is 5.82 Å². The van der Waals surface area contributed by atoms with Crippen LogP contribution < -0.4 is 5.73 Å². The molecule has 0 atom stereocenters. The van der Waals surface area contributed by atoms with Crippen molar-refractivity contribution in [3.8, 4) is 11.1 Å². The van der Waals surface area contributed by atoms with E-state index in [1.807, 2.05) is 6.07 Å². The average Bonchev–Trinajstić information content (AvgIpc) is 2.23. The fourth-order valence-electron chi connectivity index (χ4n) is 1.40. The van der Waals surface area contributed by atoms with E-state index in [1.165, 1.54) is 6.07 Å². The Kier molecular flexibility index (Phi) is 2.37. The molecule has 0 aliphatic heterocycles. The maximum Gasteiger partial charge on any atom is 0.126 e. The first-order valence-corrected chi connectivity index (χ1v) is 4.65. The van der Waals surface area contributed by atoms with E-state index in [0.717, 1.165) is 11.1 Å². The summed E-state index contributed by atoms with van der Waals surface area (Å²) < 4.78 is 13.0. The monoisotopic (exact) mass is 202 g/mol. The number of aromatic nitrogens is 1. The molecule has 0 unspecified atom stereocenters. The van der Waals surface area contributed by atoms with Gasteiger partial charge < -0.3 is 5.73 Å². The number of aryl methyl sites for hydroxylation is 1. The Bertz CT molecular complexity index is 477. The van der Waals surface area contributed by atoms with Crippen molar-refractivity contribution in [1.29, 1.82) is 0 Å².